The standard InChI is InChI=1S/C8H16O3/c1-5(2)8-7(9)6(3)10-4-11-8/h5-9H,4H2,1-3H3. The summed E-state index contributed by atoms with van der Waals surface area (Å²) in [5.41, 5.74) is 0. The van der Waals surface area contributed by atoms with E-state index in [0.717, 1.165) is 0 Å². The summed E-state index contributed by atoms with van der Waals surface area (Å²) in [5, 5.41) is 9.56. The molecule has 1 N–H and O–H groups in total. The summed E-state index contributed by atoms with van der Waals surface area (Å²) in [6, 6.07) is 0. The maximum Gasteiger partial charge on any atom is 0.147 e. The molecule has 3 nitrogen and oxygen atoms in total. The van der Waals surface area contributed by atoms with E-state index in [9.17, 15) is 5.11 Å². The Bertz CT molecular complexity index is 125. The van der Waals surface area contributed by atoms with Gasteiger partial charge in [-0.25, -0.2) is 0 Å². The van der Waals surface area contributed by atoms with Gasteiger partial charge < -0.3 is 14.6 Å². The molecule has 1 fully saturated rings. The molecular weight excluding hydrogens is 144 g/mol. The van der Waals surface area contributed by atoms with Crippen LogP contribution in [-0.4, -0.2) is 30.2 Å². The fourth-order valence-electron chi connectivity index (χ4n) is 1.28. The van der Waals surface area contributed by atoms with Gasteiger partial charge in [0, 0.05) is 0 Å². The SMILES string of the molecule is CC(C)C1OCOC(C)C1O. The van der Waals surface area contributed by atoms with Crippen LogP contribution in [0, 0.1) is 5.92 Å². The molecule has 0 aliphatic carbocycles. The molecule has 0 amide bonds. The van der Waals surface area contributed by atoms with Gasteiger partial charge in [0.1, 0.15) is 12.9 Å². The molecule has 0 bridgehead atoms. The lowest BCUT2D eigenvalue weighted by Gasteiger charge is -2.35. The smallest absolute Gasteiger partial charge is 0.147 e. The molecule has 0 radical (unpaired) electrons. The van der Waals surface area contributed by atoms with Crippen LogP contribution in [0.25, 0.3) is 0 Å². The van der Waals surface area contributed by atoms with Crippen molar-refractivity contribution in [3.05, 3.63) is 0 Å². The fraction of sp³-hybridized carbons (Fsp3) is 1.00. The Balaban J connectivity index is 2.51. The Hall–Kier alpha value is -0.120. The van der Waals surface area contributed by atoms with Crippen LogP contribution in [0.4, 0.5) is 0 Å². The second-order valence-corrected chi connectivity index (χ2v) is 3.36. The highest BCUT2D eigenvalue weighted by Crippen LogP contribution is 2.19. The topological polar surface area (TPSA) is 38.7 Å². The molecule has 1 saturated heterocycles. The second kappa shape index (κ2) is 3.52. The van der Waals surface area contributed by atoms with Gasteiger partial charge in [-0.3, -0.25) is 0 Å². The average Bonchev–Trinajstić information content (AvgIpc) is 1.94. The summed E-state index contributed by atoms with van der Waals surface area (Å²) >= 11 is 0. The minimum atomic E-state index is -0.483. The van der Waals surface area contributed by atoms with E-state index in [2.05, 4.69) is 0 Å². The van der Waals surface area contributed by atoms with Crippen molar-refractivity contribution in [2.24, 2.45) is 5.92 Å². The van der Waals surface area contributed by atoms with Crippen molar-refractivity contribution in [1.82, 2.24) is 0 Å². The quantitative estimate of drug-likeness (QED) is 0.615. The third-order valence-electron chi connectivity index (χ3n) is 2.07. The predicted molar refractivity (Wildman–Crippen MR) is 41.1 cm³/mol. The molecule has 1 aliphatic heterocycles. The minimum Gasteiger partial charge on any atom is -0.388 e. The van der Waals surface area contributed by atoms with Crippen LogP contribution in [0.1, 0.15) is 20.8 Å². The molecule has 1 heterocycles. The van der Waals surface area contributed by atoms with Gasteiger partial charge in [0.15, 0.2) is 0 Å². The van der Waals surface area contributed by atoms with Crippen molar-refractivity contribution >= 4 is 0 Å². The van der Waals surface area contributed by atoms with Gasteiger partial charge in [-0.15, -0.1) is 0 Å². The molecule has 1 aliphatic rings. The Morgan fingerprint density at radius 1 is 1.36 bits per heavy atom. The first kappa shape index (κ1) is 8.97. The molecule has 3 atom stereocenters. The normalized spacial score (nSPS) is 39.5. The monoisotopic (exact) mass is 160 g/mol. The molecule has 3 unspecified atom stereocenters. The van der Waals surface area contributed by atoms with Crippen molar-refractivity contribution in [3.63, 3.8) is 0 Å². The van der Waals surface area contributed by atoms with Gasteiger partial charge in [0.05, 0.1) is 12.2 Å². The van der Waals surface area contributed by atoms with Crippen molar-refractivity contribution in [2.45, 2.75) is 39.1 Å². The summed E-state index contributed by atoms with van der Waals surface area (Å²) in [6.07, 6.45) is -0.654. The zero-order chi connectivity index (χ0) is 8.43. The number of hydrogen-bond acceptors (Lipinski definition) is 3. The molecule has 0 aromatic rings. The van der Waals surface area contributed by atoms with E-state index in [1.165, 1.54) is 0 Å². The van der Waals surface area contributed by atoms with E-state index in [1.807, 2.05) is 20.8 Å². The van der Waals surface area contributed by atoms with Gasteiger partial charge >= 0.3 is 0 Å². The number of aliphatic hydroxyl groups excluding tert-OH is 1. The summed E-state index contributed by atoms with van der Waals surface area (Å²) in [6.45, 7) is 6.24. The first-order valence-corrected chi connectivity index (χ1v) is 4.04. The molecule has 11 heavy (non-hydrogen) atoms. The minimum absolute atomic E-state index is 0.0706. The van der Waals surface area contributed by atoms with Gasteiger partial charge in [-0.2, -0.15) is 0 Å². The van der Waals surface area contributed by atoms with E-state index < -0.39 is 6.10 Å². The van der Waals surface area contributed by atoms with Crippen LogP contribution in [-0.2, 0) is 9.47 Å². The van der Waals surface area contributed by atoms with Crippen LogP contribution in [0.15, 0.2) is 0 Å². The Kier molecular flexibility index (Phi) is 2.87. The predicted octanol–water partition coefficient (Wildman–Crippen LogP) is 0.765. The van der Waals surface area contributed by atoms with Crippen molar-refractivity contribution in [2.75, 3.05) is 6.79 Å². The second-order valence-electron chi connectivity index (χ2n) is 3.36. The van der Waals surface area contributed by atoms with Gasteiger partial charge in [0.2, 0.25) is 0 Å². The van der Waals surface area contributed by atoms with Crippen LogP contribution in [0.5, 0.6) is 0 Å². The number of ether oxygens (including phenoxy) is 2. The Labute approximate surface area is 67.3 Å². The molecule has 1 rings (SSSR count). The van der Waals surface area contributed by atoms with E-state index >= 15 is 0 Å². The van der Waals surface area contributed by atoms with Gasteiger partial charge in [-0.1, -0.05) is 13.8 Å². The fourth-order valence-corrected chi connectivity index (χ4v) is 1.28. The molecule has 66 valence electrons. The molecule has 0 aromatic carbocycles. The maximum absolute atomic E-state index is 9.56. The zero-order valence-electron chi connectivity index (χ0n) is 7.28. The van der Waals surface area contributed by atoms with Crippen molar-refractivity contribution in [3.8, 4) is 0 Å². The highest BCUT2D eigenvalue weighted by Gasteiger charge is 2.32. The van der Waals surface area contributed by atoms with E-state index in [4.69, 9.17) is 9.47 Å². The lowest BCUT2D eigenvalue weighted by atomic mass is 9.98. The van der Waals surface area contributed by atoms with E-state index in [1.54, 1.807) is 0 Å². The molecule has 0 saturated carbocycles. The number of rotatable bonds is 1. The number of hydrogen-bond donors (Lipinski definition) is 1. The first-order valence-electron chi connectivity index (χ1n) is 4.04. The number of aliphatic hydroxyl groups is 1. The van der Waals surface area contributed by atoms with Crippen molar-refractivity contribution in [1.29, 1.82) is 0 Å². The summed E-state index contributed by atoms with van der Waals surface area (Å²) in [4.78, 5) is 0. The first-order chi connectivity index (χ1) is 5.13. The Morgan fingerprint density at radius 2 is 2.00 bits per heavy atom. The highest BCUT2D eigenvalue weighted by atomic mass is 16.7. The van der Waals surface area contributed by atoms with E-state index in [-0.39, 0.29) is 12.2 Å². The summed E-state index contributed by atoms with van der Waals surface area (Å²) in [7, 11) is 0. The molecule has 0 spiro atoms. The van der Waals surface area contributed by atoms with Crippen LogP contribution >= 0.6 is 0 Å². The molecule has 0 aromatic heterocycles. The maximum atomic E-state index is 9.56. The third-order valence-corrected chi connectivity index (χ3v) is 2.07. The summed E-state index contributed by atoms with van der Waals surface area (Å²) < 4.78 is 10.3. The van der Waals surface area contributed by atoms with Gasteiger partial charge in [-0.05, 0) is 12.8 Å². The molecule has 3 heteroatoms. The van der Waals surface area contributed by atoms with Crippen LogP contribution < -0.4 is 0 Å². The zero-order valence-corrected chi connectivity index (χ0v) is 7.28. The van der Waals surface area contributed by atoms with Crippen molar-refractivity contribution < 1.29 is 14.6 Å². The Morgan fingerprint density at radius 3 is 2.45 bits per heavy atom. The third kappa shape index (κ3) is 1.92. The largest absolute Gasteiger partial charge is 0.388 e. The lowest BCUT2D eigenvalue weighted by Crippen LogP contribution is -2.47. The van der Waals surface area contributed by atoms with E-state index in [0.29, 0.717) is 12.7 Å². The van der Waals surface area contributed by atoms with Gasteiger partial charge in [0.25, 0.3) is 0 Å². The lowest BCUT2D eigenvalue weighted by molar-refractivity contribution is -0.235. The summed E-state index contributed by atoms with van der Waals surface area (Å²) in [5.74, 6) is 0.344. The highest BCUT2D eigenvalue weighted by molar-refractivity contribution is 4.79. The molecular formula is C8H16O3. The average molecular weight is 160 g/mol. The van der Waals surface area contributed by atoms with Crippen LogP contribution in [0.2, 0.25) is 0 Å². The van der Waals surface area contributed by atoms with Crippen LogP contribution in [0.3, 0.4) is 0 Å².